The maximum Gasteiger partial charge on any atom is 0.119 e. The van der Waals surface area contributed by atoms with E-state index in [9.17, 15) is 0 Å². The molecule has 0 fully saturated rings. The molecule has 1 nitrogen and oxygen atoms in total. The Morgan fingerprint density at radius 3 is 1.95 bits per heavy atom. The van der Waals surface area contributed by atoms with Crippen molar-refractivity contribution in [1.82, 2.24) is 0 Å². The maximum absolute atomic E-state index is 5.41. The van der Waals surface area contributed by atoms with Crippen LogP contribution in [0.15, 0.2) is 66.7 Å². The van der Waals surface area contributed by atoms with Crippen molar-refractivity contribution in [1.29, 1.82) is 0 Å². The van der Waals surface area contributed by atoms with Gasteiger partial charge in [-0.2, -0.15) is 0 Å². The van der Waals surface area contributed by atoms with Gasteiger partial charge in [-0.05, 0) is 30.2 Å². The van der Waals surface area contributed by atoms with Crippen molar-refractivity contribution in [3.05, 3.63) is 77.9 Å². The number of rotatable bonds is 5. The summed E-state index contributed by atoms with van der Waals surface area (Å²) in [5, 5.41) is 0. The molecular weight excluding hydrogens is 232 g/mol. The van der Waals surface area contributed by atoms with E-state index in [1.807, 2.05) is 49.4 Å². The minimum Gasteiger partial charge on any atom is -0.494 e. The normalized spacial score (nSPS) is 11.2. The Morgan fingerprint density at radius 1 is 0.789 bits per heavy atom. The molecule has 0 radical (unpaired) electrons. The Morgan fingerprint density at radius 2 is 1.37 bits per heavy atom. The third-order valence-corrected chi connectivity index (χ3v) is 2.68. The summed E-state index contributed by atoms with van der Waals surface area (Å²) in [6.07, 6.45) is 8.26. The van der Waals surface area contributed by atoms with Crippen LogP contribution in [0.4, 0.5) is 0 Å². The number of benzene rings is 2. The first-order valence-corrected chi connectivity index (χ1v) is 6.51. The Bertz CT molecular complexity index is 536. The van der Waals surface area contributed by atoms with E-state index in [-0.39, 0.29) is 0 Å². The van der Waals surface area contributed by atoms with Crippen molar-refractivity contribution >= 4 is 12.2 Å². The highest BCUT2D eigenvalue weighted by Crippen LogP contribution is 2.13. The van der Waals surface area contributed by atoms with Crippen LogP contribution in [0.3, 0.4) is 0 Å². The fraction of sp³-hybridized carbons (Fsp3) is 0.111. The lowest BCUT2D eigenvalue weighted by molar-refractivity contribution is 0.340. The highest BCUT2D eigenvalue weighted by atomic mass is 16.5. The smallest absolute Gasteiger partial charge is 0.119 e. The van der Waals surface area contributed by atoms with E-state index in [4.69, 9.17) is 4.74 Å². The standard InChI is InChI=1S/C18H18O/c1-2-19-18-14-12-17(13-15-18)11-7-6-10-16-8-4-3-5-9-16/h3-15H,2H2,1H3. The van der Waals surface area contributed by atoms with Crippen molar-refractivity contribution < 1.29 is 4.74 Å². The molecule has 0 heterocycles. The molecule has 0 unspecified atom stereocenters. The lowest BCUT2D eigenvalue weighted by atomic mass is 10.2. The summed E-state index contributed by atoms with van der Waals surface area (Å²) < 4.78 is 5.41. The summed E-state index contributed by atoms with van der Waals surface area (Å²) in [7, 11) is 0. The maximum atomic E-state index is 5.41. The molecular formula is C18H18O. The highest BCUT2D eigenvalue weighted by molar-refractivity contribution is 5.57. The van der Waals surface area contributed by atoms with Crippen LogP contribution >= 0.6 is 0 Å². The van der Waals surface area contributed by atoms with E-state index in [2.05, 4.69) is 36.4 Å². The second-order valence-corrected chi connectivity index (χ2v) is 4.13. The van der Waals surface area contributed by atoms with Gasteiger partial charge in [0.15, 0.2) is 0 Å². The van der Waals surface area contributed by atoms with Crippen LogP contribution in [0.2, 0.25) is 0 Å². The van der Waals surface area contributed by atoms with E-state index in [0.717, 1.165) is 5.75 Å². The lowest BCUT2D eigenvalue weighted by Crippen LogP contribution is -1.90. The molecule has 0 aliphatic heterocycles. The van der Waals surface area contributed by atoms with Gasteiger partial charge in [-0.1, -0.05) is 66.8 Å². The topological polar surface area (TPSA) is 9.23 Å². The summed E-state index contributed by atoms with van der Waals surface area (Å²) in [5.74, 6) is 0.916. The van der Waals surface area contributed by atoms with Crippen molar-refractivity contribution in [3.63, 3.8) is 0 Å². The Kier molecular flexibility index (Phi) is 5.00. The van der Waals surface area contributed by atoms with E-state index >= 15 is 0 Å². The van der Waals surface area contributed by atoms with Crippen LogP contribution in [0, 0.1) is 0 Å². The van der Waals surface area contributed by atoms with Gasteiger partial charge in [0.2, 0.25) is 0 Å². The zero-order valence-corrected chi connectivity index (χ0v) is 11.1. The van der Waals surface area contributed by atoms with Crippen molar-refractivity contribution in [2.75, 3.05) is 6.61 Å². The van der Waals surface area contributed by atoms with Crippen LogP contribution in [0.5, 0.6) is 5.75 Å². The van der Waals surface area contributed by atoms with Gasteiger partial charge < -0.3 is 4.74 Å². The van der Waals surface area contributed by atoms with Gasteiger partial charge in [0.05, 0.1) is 6.61 Å². The lowest BCUT2D eigenvalue weighted by Gasteiger charge is -2.01. The second kappa shape index (κ2) is 7.22. The first-order chi connectivity index (χ1) is 9.38. The fourth-order valence-electron chi connectivity index (χ4n) is 1.74. The molecule has 0 bridgehead atoms. The number of hydrogen-bond donors (Lipinski definition) is 0. The van der Waals surface area contributed by atoms with Crippen LogP contribution in [-0.4, -0.2) is 6.61 Å². The van der Waals surface area contributed by atoms with Crippen molar-refractivity contribution in [2.45, 2.75) is 6.92 Å². The molecule has 0 aliphatic rings. The molecule has 0 amide bonds. The van der Waals surface area contributed by atoms with Crippen molar-refractivity contribution in [3.8, 4) is 5.75 Å². The van der Waals surface area contributed by atoms with E-state index < -0.39 is 0 Å². The van der Waals surface area contributed by atoms with Crippen molar-refractivity contribution in [2.24, 2.45) is 0 Å². The van der Waals surface area contributed by atoms with Crippen LogP contribution < -0.4 is 4.74 Å². The van der Waals surface area contributed by atoms with Crippen LogP contribution in [0.1, 0.15) is 18.1 Å². The molecule has 0 N–H and O–H groups in total. The molecule has 19 heavy (non-hydrogen) atoms. The van der Waals surface area contributed by atoms with E-state index in [1.54, 1.807) is 0 Å². The van der Waals surface area contributed by atoms with Crippen LogP contribution in [0.25, 0.3) is 12.2 Å². The third-order valence-electron chi connectivity index (χ3n) is 2.68. The molecule has 0 saturated carbocycles. The summed E-state index contributed by atoms with van der Waals surface area (Å²) in [4.78, 5) is 0. The van der Waals surface area contributed by atoms with Gasteiger partial charge in [-0.15, -0.1) is 0 Å². The quantitative estimate of drug-likeness (QED) is 0.692. The predicted octanol–water partition coefficient (Wildman–Crippen LogP) is 4.81. The van der Waals surface area contributed by atoms with Gasteiger partial charge in [0.25, 0.3) is 0 Å². The second-order valence-electron chi connectivity index (χ2n) is 4.13. The van der Waals surface area contributed by atoms with Gasteiger partial charge in [0, 0.05) is 0 Å². The molecule has 96 valence electrons. The predicted molar refractivity (Wildman–Crippen MR) is 82.1 cm³/mol. The minimum absolute atomic E-state index is 0.703. The Labute approximate surface area is 114 Å². The molecule has 1 heteroatoms. The van der Waals surface area contributed by atoms with Crippen LogP contribution in [-0.2, 0) is 0 Å². The average molecular weight is 250 g/mol. The van der Waals surface area contributed by atoms with E-state index in [0.29, 0.717) is 6.61 Å². The first kappa shape index (κ1) is 13.2. The molecule has 0 saturated heterocycles. The monoisotopic (exact) mass is 250 g/mol. The highest BCUT2D eigenvalue weighted by Gasteiger charge is 1.90. The SMILES string of the molecule is CCOc1ccc(C=CC=Cc2ccccc2)cc1. The molecule has 2 aromatic rings. The zero-order chi connectivity index (χ0) is 13.3. The number of hydrogen-bond acceptors (Lipinski definition) is 1. The zero-order valence-electron chi connectivity index (χ0n) is 11.1. The fourth-order valence-corrected chi connectivity index (χ4v) is 1.74. The number of allylic oxidation sites excluding steroid dienone is 2. The van der Waals surface area contributed by atoms with Gasteiger partial charge in [0.1, 0.15) is 5.75 Å². The summed E-state index contributed by atoms with van der Waals surface area (Å²) in [6.45, 7) is 2.69. The average Bonchev–Trinajstić information content (AvgIpc) is 2.47. The molecule has 2 rings (SSSR count). The summed E-state index contributed by atoms with van der Waals surface area (Å²) in [6, 6.07) is 18.4. The third kappa shape index (κ3) is 4.47. The summed E-state index contributed by atoms with van der Waals surface area (Å²) in [5.41, 5.74) is 2.38. The molecule has 0 aliphatic carbocycles. The summed E-state index contributed by atoms with van der Waals surface area (Å²) >= 11 is 0. The van der Waals surface area contributed by atoms with Gasteiger partial charge >= 0.3 is 0 Å². The largest absolute Gasteiger partial charge is 0.494 e. The first-order valence-electron chi connectivity index (χ1n) is 6.51. The molecule has 2 aromatic carbocycles. The van der Waals surface area contributed by atoms with E-state index in [1.165, 1.54) is 11.1 Å². The molecule has 0 atom stereocenters. The minimum atomic E-state index is 0.703. The molecule has 0 aromatic heterocycles. The number of ether oxygens (including phenoxy) is 1. The molecule has 0 spiro atoms. The Balaban J connectivity index is 1.93. The van der Waals surface area contributed by atoms with Gasteiger partial charge in [-0.3, -0.25) is 0 Å². The van der Waals surface area contributed by atoms with Gasteiger partial charge in [-0.25, -0.2) is 0 Å². The Hall–Kier alpha value is -2.28.